The number of unbranched alkanes of at least 4 members (excludes halogenated alkanes) is 40. The van der Waals surface area contributed by atoms with Crippen molar-refractivity contribution in [2.75, 3.05) is 13.2 Å². The lowest BCUT2D eigenvalue weighted by molar-refractivity contribution is -0.302. The zero-order chi connectivity index (χ0) is 50.1. The van der Waals surface area contributed by atoms with Gasteiger partial charge in [-0.25, -0.2) is 0 Å². The highest BCUT2D eigenvalue weighted by Crippen LogP contribution is 2.23. The van der Waals surface area contributed by atoms with Crippen LogP contribution in [-0.4, -0.2) is 87.5 Å². The minimum Gasteiger partial charge on any atom is -0.394 e. The second-order valence-electron chi connectivity index (χ2n) is 21.1. The Hall–Kier alpha value is -1.33. The van der Waals surface area contributed by atoms with Gasteiger partial charge in [0.25, 0.3) is 0 Å². The number of ether oxygens (including phenoxy) is 2. The smallest absolute Gasteiger partial charge is 0.220 e. The van der Waals surface area contributed by atoms with E-state index >= 15 is 0 Å². The fourth-order valence-corrected chi connectivity index (χ4v) is 9.76. The lowest BCUT2D eigenvalue weighted by Gasteiger charge is -2.40. The van der Waals surface area contributed by atoms with Crippen molar-refractivity contribution in [3.8, 4) is 0 Å². The Morgan fingerprint density at radius 2 is 0.826 bits per heavy atom. The minimum atomic E-state index is -1.57. The van der Waals surface area contributed by atoms with E-state index in [1.807, 2.05) is 6.08 Å². The average Bonchev–Trinajstić information content (AvgIpc) is 3.35. The Balaban J connectivity index is 2.20. The summed E-state index contributed by atoms with van der Waals surface area (Å²) in [5.41, 5.74) is 0. The molecular formula is C60H115NO8. The van der Waals surface area contributed by atoms with E-state index in [2.05, 4.69) is 31.3 Å². The van der Waals surface area contributed by atoms with Crippen molar-refractivity contribution in [1.82, 2.24) is 5.32 Å². The molecule has 1 aliphatic heterocycles. The molecule has 6 N–H and O–H groups in total. The third kappa shape index (κ3) is 39.8. The quantitative estimate of drug-likeness (QED) is 0.0261. The van der Waals surface area contributed by atoms with E-state index in [0.717, 1.165) is 38.5 Å². The van der Waals surface area contributed by atoms with Crippen molar-refractivity contribution in [1.29, 1.82) is 0 Å². The fraction of sp³-hybridized carbons (Fsp3) is 0.917. The maximum absolute atomic E-state index is 13.1. The number of carbonyl (C=O) groups excluding carboxylic acids is 1. The summed E-state index contributed by atoms with van der Waals surface area (Å²) in [7, 11) is 0. The predicted octanol–water partition coefficient (Wildman–Crippen LogP) is 15.0. The second-order valence-corrected chi connectivity index (χ2v) is 21.1. The summed E-state index contributed by atoms with van der Waals surface area (Å²) in [6.07, 6.45) is 56.8. The van der Waals surface area contributed by atoms with Crippen molar-refractivity contribution >= 4 is 5.91 Å². The maximum Gasteiger partial charge on any atom is 0.220 e. The van der Waals surface area contributed by atoms with Crippen LogP contribution in [0, 0.1) is 0 Å². The maximum atomic E-state index is 13.1. The summed E-state index contributed by atoms with van der Waals surface area (Å²) in [5, 5.41) is 54.5. The molecule has 69 heavy (non-hydrogen) atoms. The third-order valence-corrected chi connectivity index (χ3v) is 14.5. The molecular weight excluding hydrogens is 863 g/mol. The summed E-state index contributed by atoms with van der Waals surface area (Å²) >= 11 is 0. The topological polar surface area (TPSA) is 149 Å². The first-order valence-electron chi connectivity index (χ1n) is 30.1. The van der Waals surface area contributed by atoms with Gasteiger partial charge < -0.3 is 40.3 Å². The van der Waals surface area contributed by atoms with Crippen molar-refractivity contribution in [3.05, 3.63) is 24.3 Å². The van der Waals surface area contributed by atoms with Gasteiger partial charge in [0.1, 0.15) is 24.4 Å². The van der Waals surface area contributed by atoms with Gasteiger partial charge in [0.2, 0.25) is 5.91 Å². The number of rotatable bonds is 52. The summed E-state index contributed by atoms with van der Waals surface area (Å²) in [5.74, 6) is -0.180. The monoisotopic (exact) mass is 978 g/mol. The number of hydrogen-bond acceptors (Lipinski definition) is 8. The number of allylic oxidation sites excluding steroid dienone is 3. The van der Waals surface area contributed by atoms with Gasteiger partial charge in [-0.2, -0.15) is 0 Å². The largest absolute Gasteiger partial charge is 0.394 e. The average molecular weight is 979 g/mol. The highest BCUT2D eigenvalue weighted by atomic mass is 16.7. The molecule has 0 aliphatic carbocycles. The van der Waals surface area contributed by atoms with Crippen LogP contribution in [-0.2, 0) is 14.3 Å². The van der Waals surface area contributed by atoms with E-state index in [1.165, 1.54) is 238 Å². The van der Waals surface area contributed by atoms with E-state index < -0.39 is 49.5 Å². The molecule has 7 unspecified atom stereocenters. The molecule has 0 bridgehead atoms. The first-order chi connectivity index (χ1) is 33.8. The highest BCUT2D eigenvalue weighted by molar-refractivity contribution is 5.76. The van der Waals surface area contributed by atoms with Gasteiger partial charge in [-0.05, 0) is 32.1 Å². The Kier molecular flexibility index (Phi) is 47.8. The van der Waals surface area contributed by atoms with E-state index in [9.17, 15) is 30.3 Å². The van der Waals surface area contributed by atoms with Gasteiger partial charge in [-0.15, -0.1) is 0 Å². The molecule has 1 aliphatic rings. The molecule has 1 amide bonds. The van der Waals surface area contributed by atoms with Crippen LogP contribution in [0.2, 0.25) is 0 Å². The van der Waals surface area contributed by atoms with Crippen LogP contribution in [0.3, 0.4) is 0 Å². The molecule has 0 aromatic rings. The SMILES string of the molecule is CCCCCCCCCCCCCCCC/C=C/CC/C=C/C(O)C(COC1OC(CO)C(O)C(O)C1O)NC(=O)CCCCCCCCCCCCCCCCCCCCCCCCCCCC. The molecule has 1 rings (SSSR count). The van der Waals surface area contributed by atoms with Gasteiger partial charge in [-0.1, -0.05) is 282 Å². The van der Waals surface area contributed by atoms with E-state index in [4.69, 9.17) is 9.47 Å². The van der Waals surface area contributed by atoms with Crippen molar-refractivity contribution < 1.29 is 39.8 Å². The van der Waals surface area contributed by atoms with Crippen LogP contribution >= 0.6 is 0 Å². The second kappa shape index (κ2) is 50.2. The number of aliphatic hydroxyl groups is 5. The molecule has 7 atom stereocenters. The molecule has 1 saturated heterocycles. The Morgan fingerprint density at radius 1 is 0.478 bits per heavy atom. The Labute approximate surface area is 426 Å². The number of amides is 1. The molecule has 0 spiro atoms. The summed E-state index contributed by atoms with van der Waals surface area (Å²) in [4.78, 5) is 13.1. The zero-order valence-electron chi connectivity index (χ0n) is 45.3. The third-order valence-electron chi connectivity index (χ3n) is 14.5. The Morgan fingerprint density at radius 3 is 1.22 bits per heavy atom. The van der Waals surface area contributed by atoms with E-state index in [1.54, 1.807) is 6.08 Å². The lowest BCUT2D eigenvalue weighted by atomic mass is 9.99. The van der Waals surface area contributed by atoms with Gasteiger partial charge in [-0.3, -0.25) is 4.79 Å². The number of hydrogen-bond donors (Lipinski definition) is 6. The summed E-state index contributed by atoms with van der Waals surface area (Å²) in [6.45, 7) is 3.81. The van der Waals surface area contributed by atoms with E-state index in [-0.39, 0.29) is 12.5 Å². The van der Waals surface area contributed by atoms with Crippen LogP contribution in [0.1, 0.15) is 296 Å². The highest BCUT2D eigenvalue weighted by Gasteiger charge is 2.44. The molecule has 1 fully saturated rings. The van der Waals surface area contributed by atoms with Crippen LogP contribution in [0.25, 0.3) is 0 Å². The predicted molar refractivity (Wildman–Crippen MR) is 290 cm³/mol. The molecule has 0 radical (unpaired) electrons. The van der Waals surface area contributed by atoms with Crippen LogP contribution in [0.15, 0.2) is 24.3 Å². The molecule has 9 nitrogen and oxygen atoms in total. The zero-order valence-corrected chi connectivity index (χ0v) is 45.3. The number of aliphatic hydroxyl groups excluding tert-OH is 5. The molecule has 0 aromatic heterocycles. The fourth-order valence-electron chi connectivity index (χ4n) is 9.76. The first-order valence-corrected chi connectivity index (χ1v) is 30.1. The van der Waals surface area contributed by atoms with Crippen molar-refractivity contribution in [3.63, 3.8) is 0 Å². The summed E-state index contributed by atoms with van der Waals surface area (Å²) in [6, 6.07) is -0.818. The van der Waals surface area contributed by atoms with Crippen LogP contribution in [0.4, 0.5) is 0 Å². The molecule has 408 valence electrons. The molecule has 9 heteroatoms. The summed E-state index contributed by atoms with van der Waals surface area (Å²) < 4.78 is 11.3. The first kappa shape index (κ1) is 65.7. The van der Waals surface area contributed by atoms with Gasteiger partial charge in [0, 0.05) is 6.42 Å². The Bertz CT molecular complexity index is 1130. The molecule has 0 aromatic carbocycles. The van der Waals surface area contributed by atoms with Gasteiger partial charge >= 0.3 is 0 Å². The van der Waals surface area contributed by atoms with Crippen molar-refractivity contribution in [2.45, 2.75) is 339 Å². The minimum absolute atomic E-state index is 0.180. The van der Waals surface area contributed by atoms with Gasteiger partial charge in [0.15, 0.2) is 6.29 Å². The molecule has 1 heterocycles. The standard InChI is InChI=1S/C60H115NO8/c1-3-5-7-9-11-13-15-17-19-21-23-25-26-27-28-29-30-32-34-36-38-40-42-44-46-48-50-56(64)61-53(52-68-60-59(67)58(66)57(65)55(51-62)69-60)54(63)49-47-45-43-41-39-37-35-33-31-24-22-20-18-16-14-12-10-8-6-4-2/h39,41,47,49,53-55,57-60,62-63,65-67H,3-38,40,42-46,48,50-52H2,1-2H3,(H,61,64)/b41-39+,49-47+. The van der Waals surface area contributed by atoms with Gasteiger partial charge in [0.05, 0.1) is 25.4 Å². The van der Waals surface area contributed by atoms with Crippen molar-refractivity contribution in [2.24, 2.45) is 0 Å². The van der Waals surface area contributed by atoms with Crippen LogP contribution in [0.5, 0.6) is 0 Å². The number of nitrogens with one attached hydrogen (secondary N) is 1. The number of carbonyl (C=O) groups is 1. The molecule has 0 saturated carbocycles. The normalized spacial score (nSPS) is 19.6. The lowest BCUT2D eigenvalue weighted by Crippen LogP contribution is -2.60. The van der Waals surface area contributed by atoms with E-state index in [0.29, 0.717) is 6.42 Å². The van der Waals surface area contributed by atoms with Crippen LogP contribution < -0.4 is 5.32 Å².